The highest BCUT2D eigenvalue weighted by atomic mass is 16.5. The topological polar surface area (TPSA) is 111 Å². The first-order valence-electron chi connectivity index (χ1n) is 14.6. The van der Waals surface area contributed by atoms with Crippen LogP contribution in [0.4, 0.5) is 5.69 Å². The van der Waals surface area contributed by atoms with E-state index in [2.05, 4.69) is 15.5 Å². The van der Waals surface area contributed by atoms with Gasteiger partial charge in [-0.1, -0.05) is 27.7 Å². The summed E-state index contributed by atoms with van der Waals surface area (Å²) in [5.41, 5.74) is 1.56. The molecule has 3 aliphatic heterocycles. The zero-order valence-corrected chi connectivity index (χ0v) is 24.5. The van der Waals surface area contributed by atoms with Gasteiger partial charge in [-0.2, -0.15) is 0 Å². The van der Waals surface area contributed by atoms with Crippen molar-refractivity contribution in [1.82, 2.24) is 20.4 Å². The third-order valence-electron chi connectivity index (χ3n) is 8.16. The van der Waals surface area contributed by atoms with Crippen molar-refractivity contribution in [3.8, 4) is 0 Å². The zero-order valence-electron chi connectivity index (χ0n) is 24.5. The minimum atomic E-state index is -0.760. The number of nitrogens with zero attached hydrogens (tertiary/aromatic N) is 3. The van der Waals surface area contributed by atoms with Gasteiger partial charge in [-0.15, -0.1) is 0 Å². The number of Topliss-reactive ketones (excluding diaryl/α,β-unsaturated/α-hetero) is 1. The second-order valence-corrected chi connectivity index (χ2v) is 12.1. The molecule has 0 aromatic heterocycles. The van der Waals surface area contributed by atoms with Gasteiger partial charge in [0.15, 0.2) is 5.78 Å². The molecule has 2 N–H and O–H groups in total. The number of amides is 3. The van der Waals surface area contributed by atoms with Gasteiger partial charge < -0.3 is 30.1 Å². The molecule has 40 heavy (non-hydrogen) atoms. The summed E-state index contributed by atoms with van der Waals surface area (Å²) in [5.74, 6) is -0.487. The van der Waals surface area contributed by atoms with E-state index in [0.29, 0.717) is 31.4 Å². The van der Waals surface area contributed by atoms with Crippen LogP contribution in [0.3, 0.4) is 0 Å². The molecule has 0 saturated carbocycles. The fourth-order valence-electron chi connectivity index (χ4n) is 6.15. The van der Waals surface area contributed by atoms with Gasteiger partial charge in [0.25, 0.3) is 11.8 Å². The lowest BCUT2D eigenvalue weighted by Crippen LogP contribution is -2.53. The van der Waals surface area contributed by atoms with Crippen LogP contribution in [0.15, 0.2) is 24.3 Å². The Hall–Kier alpha value is -2.98. The first-order valence-corrected chi connectivity index (χ1v) is 14.6. The molecule has 10 heteroatoms. The highest BCUT2D eigenvalue weighted by molar-refractivity contribution is 6.01. The van der Waals surface area contributed by atoms with E-state index in [4.69, 9.17) is 4.74 Å². The number of ether oxygens (including phenoxy) is 1. The minimum absolute atomic E-state index is 0.0173. The number of benzene rings is 1. The summed E-state index contributed by atoms with van der Waals surface area (Å²) >= 11 is 0. The Morgan fingerprint density at radius 3 is 2.20 bits per heavy atom. The number of ketones is 1. The predicted molar refractivity (Wildman–Crippen MR) is 153 cm³/mol. The average Bonchev–Trinajstić information content (AvgIpc) is 3.52. The summed E-state index contributed by atoms with van der Waals surface area (Å²) in [6, 6.07) is 5.68. The fraction of sp³-hybridized carbons (Fsp3) is 0.667. The molecule has 3 aliphatic rings. The molecule has 220 valence electrons. The monoisotopic (exact) mass is 555 g/mol. The summed E-state index contributed by atoms with van der Waals surface area (Å²) < 4.78 is 5.47. The van der Waals surface area contributed by atoms with Crippen LogP contribution in [0, 0.1) is 11.8 Å². The molecule has 0 spiro atoms. The second-order valence-electron chi connectivity index (χ2n) is 12.1. The van der Waals surface area contributed by atoms with Crippen LogP contribution in [0.25, 0.3) is 0 Å². The third kappa shape index (κ3) is 6.66. The summed E-state index contributed by atoms with van der Waals surface area (Å²) in [4.78, 5) is 58.9. The Labute approximate surface area is 237 Å². The fourth-order valence-corrected chi connectivity index (χ4v) is 6.15. The molecular formula is C30H45N5O5. The van der Waals surface area contributed by atoms with E-state index in [-0.39, 0.29) is 47.9 Å². The number of piperazine rings is 1. The van der Waals surface area contributed by atoms with Gasteiger partial charge in [0.05, 0.1) is 12.6 Å². The summed E-state index contributed by atoms with van der Waals surface area (Å²) in [6.07, 6.45) is 0.941. The van der Waals surface area contributed by atoms with Crippen molar-refractivity contribution in [1.29, 1.82) is 0 Å². The second kappa shape index (κ2) is 13.1. The van der Waals surface area contributed by atoms with Gasteiger partial charge in [0, 0.05) is 51.1 Å². The van der Waals surface area contributed by atoms with E-state index in [9.17, 15) is 19.2 Å². The average molecular weight is 556 g/mol. The lowest BCUT2D eigenvalue weighted by atomic mass is 10.0. The Balaban J connectivity index is 1.45. The van der Waals surface area contributed by atoms with Crippen LogP contribution < -0.4 is 15.5 Å². The number of nitrogens with one attached hydrogen (secondary N) is 2. The van der Waals surface area contributed by atoms with Crippen molar-refractivity contribution in [2.45, 2.75) is 71.2 Å². The Morgan fingerprint density at radius 2 is 1.60 bits per heavy atom. The van der Waals surface area contributed by atoms with Crippen LogP contribution in [-0.4, -0.2) is 104 Å². The van der Waals surface area contributed by atoms with E-state index in [1.165, 1.54) is 7.11 Å². The van der Waals surface area contributed by atoms with Crippen molar-refractivity contribution < 1.29 is 23.9 Å². The number of hydrogen-bond acceptors (Lipinski definition) is 7. The first-order chi connectivity index (χ1) is 19.1. The van der Waals surface area contributed by atoms with Gasteiger partial charge in [-0.05, 0) is 55.4 Å². The minimum Gasteiger partial charge on any atom is -0.372 e. The number of anilines is 1. The van der Waals surface area contributed by atoms with Crippen LogP contribution in [0.2, 0.25) is 0 Å². The van der Waals surface area contributed by atoms with Crippen molar-refractivity contribution in [3.05, 3.63) is 29.8 Å². The number of fused-ring (bicyclic) bond motifs is 1. The molecule has 3 heterocycles. The quantitative estimate of drug-likeness (QED) is 0.452. The number of likely N-dealkylation sites (tertiary alicyclic amines) is 2. The molecule has 4 unspecified atom stereocenters. The van der Waals surface area contributed by atoms with Crippen LogP contribution >= 0.6 is 0 Å². The molecule has 0 bridgehead atoms. The Bertz CT molecular complexity index is 1070. The number of methoxy groups -OCH3 is 1. The molecule has 4 atom stereocenters. The summed E-state index contributed by atoms with van der Waals surface area (Å²) in [5, 5.41) is 6.29. The number of carbonyl (C=O) groups is 4. The predicted octanol–water partition coefficient (Wildman–Crippen LogP) is 1.68. The maximum absolute atomic E-state index is 13.8. The van der Waals surface area contributed by atoms with E-state index >= 15 is 0 Å². The molecule has 10 nitrogen and oxygen atoms in total. The van der Waals surface area contributed by atoms with Crippen molar-refractivity contribution in [3.63, 3.8) is 0 Å². The third-order valence-corrected chi connectivity index (χ3v) is 8.16. The van der Waals surface area contributed by atoms with E-state index in [1.807, 2.05) is 39.8 Å². The first kappa shape index (κ1) is 30.0. The molecular weight excluding hydrogens is 510 g/mol. The Kier molecular flexibility index (Phi) is 9.84. The molecule has 0 radical (unpaired) electrons. The van der Waals surface area contributed by atoms with Gasteiger partial charge >= 0.3 is 0 Å². The number of carbonyl (C=O) groups excluding carboxylic acids is 4. The van der Waals surface area contributed by atoms with Crippen LogP contribution in [0.1, 0.15) is 57.3 Å². The normalized spacial score (nSPS) is 22.6. The van der Waals surface area contributed by atoms with Gasteiger partial charge in [-0.25, -0.2) is 0 Å². The van der Waals surface area contributed by atoms with Gasteiger partial charge in [0.2, 0.25) is 5.91 Å². The van der Waals surface area contributed by atoms with E-state index < -0.39 is 18.2 Å². The van der Waals surface area contributed by atoms with Crippen LogP contribution in [0.5, 0.6) is 0 Å². The SMILES string of the molecule is COC(CC(C)C)C(=O)N1CC(=O)C2C1CCN2C(=O)C(CC(C)C)NC(=O)c1ccc(N2CCNCC2)cc1. The molecule has 0 aliphatic carbocycles. The lowest BCUT2D eigenvalue weighted by Gasteiger charge is -2.30. The van der Waals surface area contributed by atoms with E-state index in [1.54, 1.807) is 21.9 Å². The smallest absolute Gasteiger partial charge is 0.252 e. The van der Waals surface area contributed by atoms with Crippen molar-refractivity contribution in [2.75, 3.05) is 51.3 Å². The maximum atomic E-state index is 13.8. The number of hydrogen-bond donors (Lipinski definition) is 2. The van der Waals surface area contributed by atoms with Gasteiger partial charge in [0.1, 0.15) is 18.2 Å². The standard InChI is InChI=1S/C30H45N5O5/c1-19(2)16-23(32-28(37)21-6-8-22(9-7-21)33-14-11-31-12-15-33)29(38)34-13-10-24-27(34)25(36)18-35(24)30(39)26(40-5)17-20(3)4/h6-9,19-20,23-24,26-27,31H,10-18H2,1-5H3,(H,32,37). The Morgan fingerprint density at radius 1 is 0.950 bits per heavy atom. The zero-order chi connectivity index (χ0) is 29.0. The molecule has 1 aromatic carbocycles. The highest BCUT2D eigenvalue weighted by Gasteiger charge is 2.53. The van der Waals surface area contributed by atoms with E-state index in [0.717, 1.165) is 31.9 Å². The lowest BCUT2D eigenvalue weighted by molar-refractivity contribution is -0.144. The molecule has 3 fully saturated rings. The molecule has 3 saturated heterocycles. The largest absolute Gasteiger partial charge is 0.372 e. The van der Waals surface area contributed by atoms with Gasteiger partial charge in [-0.3, -0.25) is 19.2 Å². The van der Waals surface area contributed by atoms with Crippen LogP contribution in [-0.2, 0) is 19.1 Å². The molecule has 3 amide bonds. The van der Waals surface area contributed by atoms with Crippen molar-refractivity contribution in [2.24, 2.45) is 11.8 Å². The summed E-state index contributed by atoms with van der Waals surface area (Å²) in [6.45, 7) is 12.1. The van der Waals surface area contributed by atoms with Crippen molar-refractivity contribution >= 4 is 29.2 Å². The highest BCUT2D eigenvalue weighted by Crippen LogP contribution is 2.32. The summed E-state index contributed by atoms with van der Waals surface area (Å²) in [7, 11) is 1.52. The maximum Gasteiger partial charge on any atom is 0.252 e. The molecule has 1 aromatic rings. The number of rotatable bonds is 10. The molecule has 4 rings (SSSR count).